The summed E-state index contributed by atoms with van der Waals surface area (Å²) in [6.45, 7) is 2.39. The zero-order valence-electron chi connectivity index (χ0n) is 9.63. The lowest BCUT2D eigenvalue weighted by Crippen LogP contribution is -2.27. The van der Waals surface area contributed by atoms with Crippen molar-refractivity contribution in [3.63, 3.8) is 0 Å². The summed E-state index contributed by atoms with van der Waals surface area (Å²) >= 11 is 9.67. The highest BCUT2D eigenvalue weighted by Crippen LogP contribution is 2.32. The SMILES string of the molecule is Clc1ccc(Br)cc1NC1CCN(C2CC2)C1. The second-order valence-electron chi connectivity index (χ2n) is 4.98. The first-order valence-electron chi connectivity index (χ1n) is 6.18. The molecule has 1 aromatic carbocycles. The molecule has 0 spiro atoms. The van der Waals surface area contributed by atoms with Crippen LogP contribution in [0, 0.1) is 0 Å². The predicted octanol–water partition coefficient (Wildman–Crippen LogP) is 3.75. The highest BCUT2D eigenvalue weighted by Gasteiger charge is 2.34. The summed E-state index contributed by atoms with van der Waals surface area (Å²) in [5, 5.41) is 4.36. The van der Waals surface area contributed by atoms with Crippen molar-refractivity contribution in [1.82, 2.24) is 4.90 Å². The lowest BCUT2D eigenvalue weighted by molar-refractivity contribution is 0.326. The molecule has 1 saturated heterocycles. The summed E-state index contributed by atoms with van der Waals surface area (Å²) in [5.74, 6) is 0. The van der Waals surface area contributed by atoms with Crippen molar-refractivity contribution >= 4 is 33.2 Å². The van der Waals surface area contributed by atoms with Crippen LogP contribution in [0.2, 0.25) is 5.02 Å². The van der Waals surface area contributed by atoms with Crippen molar-refractivity contribution in [2.24, 2.45) is 0 Å². The van der Waals surface area contributed by atoms with Crippen LogP contribution >= 0.6 is 27.5 Å². The molecular formula is C13H16BrClN2. The fraction of sp³-hybridized carbons (Fsp3) is 0.538. The minimum absolute atomic E-state index is 0.544. The molecule has 1 heterocycles. The molecule has 1 N–H and O–H groups in total. The third-order valence-corrected chi connectivity index (χ3v) is 4.39. The molecule has 1 aliphatic heterocycles. The fourth-order valence-corrected chi connectivity index (χ4v) is 3.04. The van der Waals surface area contributed by atoms with E-state index in [-0.39, 0.29) is 0 Å². The van der Waals surface area contributed by atoms with Crippen LogP contribution < -0.4 is 5.32 Å². The first-order chi connectivity index (χ1) is 8.22. The molecule has 4 heteroatoms. The van der Waals surface area contributed by atoms with Gasteiger partial charge in [0.15, 0.2) is 0 Å². The lowest BCUT2D eigenvalue weighted by atomic mass is 10.2. The first-order valence-corrected chi connectivity index (χ1v) is 7.35. The second-order valence-corrected chi connectivity index (χ2v) is 6.30. The molecule has 1 unspecified atom stereocenters. The van der Waals surface area contributed by atoms with Crippen LogP contribution in [-0.4, -0.2) is 30.1 Å². The zero-order valence-corrected chi connectivity index (χ0v) is 12.0. The van der Waals surface area contributed by atoms with Crippen LogP contribution in [0.1, 0.15) is 19.3 Å². The molecule has 1 aliphatic carbocycles. The van der Waals surface area contributed by atoms with Gasteiger partial charge in [-0.25, -0.2) is 0 Å². The van der Waals surface area contributed by atoms with Gasteiger partial charge in [0.1, 0.15) is 0 Å². The lowest BCUT2D eigenvalue weighted by Gasteiger charge is -2.17. The van der Waals surface area contributed by atoms with E-state index in [1.165, 1.54) is 25.8 Å². The molecule has 92 valence electrons. The van der Waals surface area contributed by atoms with E-state index in [2.05, 4.69) is 32.2 Å². The Morgan fingerprint density at radius 3 is 2.88 bits per heavy atom. The monoisotopic (exact) mass is 314 g/mol. The summed E-state index contributed by atoms with van der Waals surface area (Å²) in [6, 6.07) is 7.38. The number of hydrogen-bond donors (Lipinski definition) is 1. The highest BCUT2D eigenvalue weighted by atomic mass is 79.9. The smallest absolute Gasteiger partial charge is 0.0638 e. The van der Waals surface area contributed by atoms with E-state index < -0.39 is 0 Å². The van der Waals surface area contributed by atoms with Crippen LogP contribution in [0.4, 0.5) is 5.69 Å². The van der Waals surface area contributed by atoms with Gasteiger partial charge in [-0.1, -0.05) is 27.5 Å². The Bertz CT molecular complexity index is 420. The number of benzene rings is 1. The second kappa shape index (κ2) is 4.79. The predicted molar refractivity (Wildman–Crippen MR) is 75.8 cm³/mol. The topological polar surface area (TPSA) is 15.3 Å². The number of rotatable bonds is 3. The Labute approximate surface area is 115 Å². The van der Waals surface area contributed by atoms with E-state index >= 15 is 0 Å². The number of nitrogens with one attached hydrogen (secondary N) is 1. The van der Waals surface area contributed by atoms with E-state index in [4.69, 9.17) is 11.6 Å². The Hall–Kier alpha value is -0.250. The molecule has 0 amide bonds. The maximum atomic E-state index is 6.19. The van der Waals surface area contributed by atoms with E-state index in [1.54, 1.807) is 0 Å². The quantitative estimate of drug-likeness (QED) is 0.914. The average molecular weight is 316 g/mol. The van der Waals surface area contributed by atoms with Crippen molar-refractivity contribution < 1.29 is 0 Å². The van der Waals surface area contributed by atoms with E-state index in [0.29, 0.717) is 6.04 Å². The van der Waals surface area contributed by atoms with Gasteiger partial charge >= 0.3 is 0 Å². The Balaban J connectivity index is 1.64. The van der Waals surface area contributed by atoms with E-state index in [1.807, 2.05) is 12.1 Å². The van der Waals surface area contributed by atoms with Crippen molar-refractivity contribution in [3.8, 4) is 0 Å². The van der Waals surface area contributed by atoms with Gasteiger partial charge in [0.25, 0.3) is 0 Å². The molecule has 3 rings (SSSR count). The van der Waals surface area contributed by atoms with Gasteiger partial charge < -0.3 is 5.32 Å². The molecule has 1 aromatic rings. The number of anilines is 1. The molecule has 0 radical (unpaired) electrons. The highest BCUT2D eigenvalue weighted by molar-refractivity contribution is 9.10. The number of likely N-dealkylation sites (tertiary alicyclic amines) is 1. The normalized spacial score (nSPS) is 25.2. The Morgan fingerprint density at radius 2 is 2.12 bits per heavy atom. The van der Waals surface area contributed by atoms with E-state index in [0.717, 1.165) is 27.8 Å². The van der Waals surface area contributed by atoms with Crippen molar-refractivity contribution in [2.45, 2.75) is 31.3 Å². The van der Waals surface area contributed by atoms with Crippen molar-refractivity contribution in [3.05, 3.63) is 27.7 Å². The third kappa shape index (κ3) is 2.78. The Morgan fingerprint density at radius 1 is 1.29 bits per heavy atom. The molecular weight excluding hydrogens is 300 g/mol. The van der Waals surface area contributed by atoms with Gasteiger partial charge in [-0.05, 0) is 37.5 Å². The van der Waals surface area contributed by atoms with Crippen molar-refractivity contribution in [2.75, 3.05) is 18.4 Å². The minimum Gasteiger partial charge on any atom is -0.380 e. The summed E-state index contributed by atoms with van der Waals surface area (Å²) in [7, 11) is 0. The summed E-state index contributed by atoms with van der Waals surface area (Å²) in [4.78, 5) is 2.60. The minimum atomic E-state index is 0.544. The van der Waals surface area contributed by atoms with Gasteiger partial charge in [0, 0.05) is 29.6 Å². The molecule has 2 nitrogen and oxygen atoms in total. The van der Waals surface area contributed by atoms with Gasteiger partial charge in [0.2, 0.25) is 0 Å². The summed E-state index contributed by atoms with van der Waals surface area (Å²) < 4.78 is 1.07. The molecule has 0 bridgehead atoms. The van der Waals surface area contributed by atoms with Gasteiger partial charge in [-0.15, -0.1) is 0 Å². The van der Waals surface area contributed by atoms with Crippen LogP contribution in [0.15, 0.2) is 22.7 Å². The molecule has 0 aromatic heterocycles. The molecule has 1 atom stereocenters. The van der Waals surface area contributed by atoms with Crippen LogP contribution in [-0.2, 0) is 0 Å². The fourth-order valence-electron chi connectivity index (χ4n) is 2.50. The van der Waals surface area contributed by atoms with Crippen molar-refractivity contribution in [1.29, 1.82) is 0 Å². The molecule has 17 heavy (non-hydrogen) atoms. The van der Waals surface area contributed by atoms with Crippen LogP contribution in [0.25, 0.3) is 0 Å². The molecule has 1 saturated carbocycles. The molecule has 2 aliphatic rings. The van der Waals surface area contributed by atoms with Gasteiger partial charge in [-0.2, -0.15) is 0 Å². The molecule has 2 fully saturated rings. The maximum Gasteiger partial charge on any atom is 0.0638 e. The maximum absolute atomic E-state index is 6.19. The first kappa shape index (κ1) is 11.8. The van der Waals surface area contributed by atoms with Gasteiger partial charge in [0.05, 0.1) is 10.7 Å². The standard InChI is InChI=1S/C13H16BrClN2/c14-9-1-4-12(15)13(7-9)16-10-5-6-17(8-10)11-2-3-11/h1,4,7,10-11,16H,2-3,5-6,8H2. The van der Waals surface area contributed by atoms with Crippen LogP contribution in [0.3, 0.4) is 0 Å². The average Bonchev–Trinajstić information content (AvgIpc) is 3.05. The summed E-state index contributed by atoms with van der Waals surface area (Å²) in [6.07, 6.45) is 4.01. The van der Waals surface area contributed by atoms with Crippen LogP contribution in [0.5, 0.6) is 0 Å². The summed E-state index contributed by atoms with van der Waals surface area (Å²) in [5.41, 5.74) is 1.05. The van der Waals surface area contributed by atoms with Gasteiger partial charge in [-0.3, -0.25) is 4.90 Å². The van der Waals surface area contributed by atoms with E-state index in [9.17, 15) is 0 Å². The number of halogens is 2. The zero-order chi connectivity index (χ0) is 11.8. The number of hydrogen-bond acceptors (Lipinski definition) is 2. The largest absolute Gasteiger partial charge is 0.380 e. The third-order valence-electron chi connectivity index (χ3n) is 3.57. The Kier molecular flexibility index (Phi) is 3.33. The number of nitrogens with zero attached hydrogens (tertiary/aromatic N) is 1.